The van der Waals surface area contributed by atoms with E-state index >= 15 is 0 Å². The maximum absolute atomic E-state index is 8.34. The minimum Gasteiger partial charge on any atom is -0.336 e. The summed E-state index contributed by atoms with van der Waals surface area (Å²) in [7, 11) is 0. The first-order chi connectivity index (χ1) is 4.34. The third kappa shape index (κ3) is 1.12. The SMILES string of the molecule is N#Cc1cnc[nH]c1=S. The average molecular weight is 137 g/mol. The molecule has 0 aliphatic carbocycles. The molecule has 0 aromatic carbocycles. The highest BCUT2D eigenvalue weighted by molar-refractivity contribution is 7.71. The predicted molar refractivity (Wildman–Crippen MR) is 34.1 cm³/mol. The highest BCUT2D eigenvalue weighted by Gasteiger charge is 1.88. The van der Waals surface area contributed by atoms with E-state index in [-0.39, 0.29) is 0 Å². The van der Waals surface area contributed by atoms with Gasteiger partial charge in [-0.25, -0.2) is 4.98 Å². The Morgan fingerprint density at radius 2 is 2.56 bits per heavy atom. The number of aromatic nitrogens is 2. The molecule has 1 rings (SSSR count). The second kappa shape index (κ2) is 2.37. The van der Waals surface area contributed by atoms with Gasteiger partial charge in [-0.2, -0.15) is 5.26 Å². The van der Waals surface area contributed by atoms with E-state index in [0.29, 0.717) is 10.2 Å². The second-order valence-electron chi connectivity index (χ2n) is 1.41. The number of aromatic amines is 1. The predicted octanol–water partition coefficient (Wildman–Crippen LogP) is 1.01. The zero-order valence-corrected chi connectivity index (χ0v) is 5.27. The fourth-order valence-corrected chi connectivity index (χ4v) is 0.575. The summed E-state index contributed by atoms with van der Waals surface area (Å²) in [5.74, 6) is 0. The van der Waals surface area contributed by atoms with E-state index in [1.54, 1.807) is 0 Å². The Hall–Kier alpha value is -1.21. The van der Waals surface area contributed by atoms with E-state index in [1.165, 1.54) is 12.5 Å². The van der Waals surface area contributed by atoms with Crippen LogP contribution in [-0.2, 0) is 0 Å². The van der Waals surface area contributed by atoms with Crippen molar-refractivity contribution in [1.82, 2.24) is 9.97 Å². The van der Waals surface area contributed by atoms with Crippen LogP contribution in [0.4, 0.5) is 0 Å². The number of hydrogen-bond acceptors (Lipinski definition) is 3. The molecule has 44 valence electrons. The molecule has 0 amide bonds. The standard InChI is InChI=1S/C5H3N3S/c6-1-4-2-7-3-8-5(4)9/h2-3H,(H,7,8,9). The number of hydrogen-bond donors (Lipinski definition) is 1. The van der Waals surface area contributed by atoms with Gasteiger partial charge in [-0.1, -0.05) is 12.2 Å². The Morgan fingerprint density at radius 1 is 1.78 bits per heavy atom. The zero-order valence-electron chi connectivity index (χ0n) is 4.46. The summed E-state index contributed by atoms with van der Waals surface area (Å²) in [6.45, 7) is 0. The van der Waals surface area contributed by atoms with Gasteiger partial charge in [0, 0.05) is 6.20 Å². The van der Waals surface area contributed by atoms with Gasteiger partial charge in [-0.15, -0.1) is 0 Å². The van der Waals surface area contributed by atoms with Crippen LogP contribution in [0, 0.1) is 16.0 Å². The Balaban J connectivity index is 3.38. The molecular formula is C5H3N3S. The van der Waals surface area contributed by atoms with E-state index in [4.69, 9.17) is 17.5 Å². The lowest BCUT2D eigenvalue weighted by atomic mass is 10.4. The minimum atomic E-state index is 0.410. The van der Waals surface area contributed by atoms with Crippen LogP contribution in [0.2, 0.25) is 0 Å². The molecule has 4 heteroatoms. The molecule has 0 bridgehead atoms. The molecular weight excluding hydrogens is 134 g/mol. The molecule has 0 radical (unpaired) electrons. The van der Waals surface area contributed by atoms with Gasteiger partial charge in [-0.05, 0) is 0 Å². The Bertz CT molecular complexity index is 296. The van der Waals surface area contributed by atoms with E-state index in [2.05, 4.69) is 9.97 Å². The van der Waals surface area contributed by atoms with Gasteiger partial charge < -0.3 is 4.98 Å². The summed E-state index contributed by atoms with van der Waals surface area (Å²) in [6.07, 6.45) is 2.88. The molecule has 1 N–H and O–H groups in total. The molecule has 0 fully saturated rings. The lowest BCUT2D eigenvalue weighted by Gasteiger charge is -1.83. The summed E-state index contributed by atoms with van der Waals surface area (Å²) in [4.78, 5) is 6.30. The van der Waals surface area contributed by atoms with Crippen LogP contribution >= 0.6 is 12.2 Å². The first-order valence-corrected chi connectivity index (χ1v) is 2.68. The van der Waals surface area contributed by atoms with Crippen LogP contribution in [0.15, 0.2) is 12.5 Å². The van der Waals surface area contributed by atoms with E-state index in [0.717, 1.165) is 0 Å². The van der Waals surface area contributed by atoms with Gasteiger partial charge in [0.1, 0.15) is 16.3 Å². The van der Waals surface area contributed by atoms with Crippen LogP contribution in [0.3, 0.4) is 0 Å². The Kier molecular flexibility index (Phi) is 1.56. The third-order valence-corrected chi connectivity index (χ3v) is 1.18. The maximum Gasteiger partial charge on any atom is 0.123 e. The van der Waals surface area contributed by atoms with Gasteiger partial charge >= 0.3 is 0 Å². The molecule has 9 heavy (non-hydrogen) atoms. The number of H-pyrrole nitrogens is 1. The zero-order chi connectivity index (χ0) is 6.69. The molecule has 0 atom stereocenters. The van der Waals surface area contributed by atoms with Crippen LogP contribution < -0.4 is 0 Å². The summed E-state index contributed by atoms with van der Waals surface area (Å²) in [5.41, 5.74) is 0.410. The van der Waals surface area contributed by atoms with Gasteiger partial charge in [0.15, 0.2) is 0 Å². The Morgan fingerprint density at radius 3 is 3.00 bits per heavy atom. The number of nitriles is 1. The van der Waals surface area contributed by atoms with E-state index in [9.17, 15) is 0 Å². The van der Waals surface area contributed by atoms with E-state index in [1.807, 2.05) is 6.07 Å². The molecule has 0 saturated heterocycles. The van der Waals surface area contributed by atoms with Crippen molar-refractivity contribution in [3.05, 3.63) is 22.7 Å². The lowest BCUT2D eigenvalue weighted by molar-refractivity contribution is 1.13. The molecule has 3 nitrogen and oxygen atoms in total. The second-order valence-corrected chi connectivity index (χ2v) is 1.81. The maximum atomic E-state index is 8.34. The normalized spacial score (nSPS) is 8.33. The highest BCUT2D eigenvalue weighted by Crippen LogP contribution is 1.91. The van der Waals surface area contributed by atoms with Crippen molar-refractivity contribution in [2.45, 2.75) is 0 Å². The molecule has 1 aromatic rings. The quantitative estimate of drug-likeness (QED) is 0.543. The van der Waals surface area contributed by atoms with Crippen LogP contribution in [-0.4, -0.2) is 9.97 Å². The van der Waals surface area contributed by atoms with Crippen molar-refractivity contribution in [3.8, 4) is 6.07 Å². The average Bonchev–Trinajstić information content (AvgIpc) is 1.89. The molecule has 0 saturated carbocycles. The minimum absolute atomic E-state index is 0.410. The van der Waals surface area contributed by atoms with Gasteiger partial charge in [0.05, 0.1) is 6.33 Å². The van der Waals surface area contributed by atoms with Crippen molar-refractivity contribution in [2.75, 3.05) is 0 Å². The van der Waals surface area contributed by atoms with Gasteiger partial charge in [0.2, 0.25) is 0 Å². The first-order valence-electron chi connectivity index (χ1n) is 2.27. The summed E-state index contributed by atoms with van der Waals surface area (Å²) in [6, 6.07) is 1.90. The largest absolute Gasteiger partial charge is 0.336 e. The van der Waals surface area contributed by atoms with Crippen molar-refractivity contribution >= 4 is 12.2 Å². The third-order valence-electron chi connectivity index (χ3n) is 0.839. The molecule has 1 heterocycles. The van der Waals surface area contributed by atoms with E-state index < -0.39 is 0 Å². The fraction of sp³-hybridized carbons (Fsp3) is 0. The van der Waals surface area contributed by atoms with Crippen LogP contribution in [0.5, 0.6) is 0 Å². The lowest BCUT2D eigenvalue weighted by Crippen LogP contribution is -1.81. The topological polar surface area (TPSA) is 52.5 Å². The summed E-state index contributed by atoms with van der Waals surface area (Å²) in [5, 5.41) is 8.34. The number of nitrogens with zero attached hydrogens (tertiary/aromatic N) is 2. The van der Waals surface area contributed by atoms with Crippen LogP contribution in [0.1, 0.15) is 5.56 Å². The van der Waals surface area contributed by atoms with Crippen molar-refractivity contribution in [2.24, 2.45) is 0 Å². The first kappa shape index (κ1) is 5.92. The number of rotatable bonds is 0. The van der Waals surface area contributed by atoms with Crippen molar-refractivity contribution in [3.63, 3.8) is 0 Å². The van der Waals surface area contributed by atoms with Crippen molar-refractivity contribution < 1.29 is 0 Å². The highest BCUT2D eigenvalue weighted by atomic mass is 32.1. The van der Waals surface area contributed by atoms with Gasteiger partial charge in [0.25, 0.3) is 0 Å². The van der Waals surface area contributed by atoms with Crippen molar-refractivity contribution in [1.29, 1.82) is 5.26 Å². The summed E-state index contributed by atoms with van der Waals surface area (Å²) >= 11 is 4.73. The summed E-state index contributed by atoms with van der Waals surface area (Å²) < 4.78 is 0.438. The number of nitrogens with one attached hydrogen (secondary N) is 1. The molecule has 0 aliphatic heterocycles. The fourth-order valence-electron chi connectivity index (χ4n) is 0.424. The Labute approximate surface area is 57.0 Å². The molecule has 1 aromatic heterocycles. The molecule has 0 aliphatic rings. The van der Waals surface area contributed by atoms with Crippen LogP contribution in [0.25, 0.3) is 0 Å². The molecule has 0 spiro atoms. The van der Waals surface area contributed by atoms with Gasteiger partial charge in [-0.3, -0.25) is 0 Å². The smallest absolute Gasteiger partial charge is 0.123 e. The monoisotopic (exact) mass is 137 g/mol. The molecule has 0 unspecified atom stereocenters.